The topological polar surface area (TPSA) is 74.2 Å². The second-order valence-electron chi connectivity index (χ2n) is 6.66. The van der Waals surface area contributed by atoms with E-state index in [9.17, 15) is 4.79 Å². The molecule has 0 saturated heterocycles. The van der Waals surface area contributed by atoms with Gasteiger partial charge in [0, 0.05) is 57.7 Å². The normalized spacial score (nSPS) is 10.4. The summed E-state index contributed by atoms with van der Waals surface area (Å²) in [6.07, 6.45) is 5.86. The first-order valence-electron chi connectivity index (χ1n) is 9.05. The summed E-state index contributed by atoms with van der Waals surface area (Å²) in [5, 5.41) is 3.14. The van der Waals surface area contributed by atoms with Gasteiger partial charge < -0.3 is 15.1 Å². The molecular formula is C21H24N6O. The van der Waals surface area contributed by atoms with Gasteiger partial charge >= 0.3 is 0 Å². The summed E-state index contributed by atoms with van der Waals surface area (Å²) in [5.74, 6) is 0.258. The van der Waals surface area contributed by atoms with Gasteiger partial charge in [0.1, 0.15) is 5.69 Å². The Balaban J connectivity index is 1.63. The van der Waals surface area contributed by atoms with Crippen LogP contribution >= 0.6 is 0 Å². The molecule has 0 aliphatic rings. The molecule has 7 heteroatoms. The molecule has 0 bridgehead atoms. The van der Waals surface area contributed by atoms with E-state index in [1.54, 1.807) is 36.6 Å². The fraction of sp³-hybridized carbons (Fsp3) is 0.238. The summed E-state index contributed by atoms with van der Waals surface area (Å²) >= 11 is 0. The zero-order valence-electron chi connectivity index (χ0n) is 16.3. The van der Waals surface area contributed by atoms with Crippen molar-refractivity contribution in [3.8, 4) is 0 Å². The van der Waals surface area contributed by atoms with Crippen LogP contribution in [0, 0.1) is 0 Å². The molecule has 1 aromatic carbocycles. The highest BCUT2D eigenvalue weighted by molar-refractivity contribution is 5.92. The third-order valence-electron chi connectivity index (χ3n) is 4.35. The van der Waals surface area contributed by atoms with Crippen molar-refractivity contribution >= 4 is 23.2 Å². The smallest absolute Gasteiger partial charge is 0.272 e. The maximum atomic E-state index is 12.7. The maximum absolute atomic E-state index is 12.7. The lowest BCUT2D eigenvalue weighted by Gasteiger charge is -2.17. The van der Waals surface area contributed by atoms with Crippen molar-refractivity contribution in [2.24, 2.45) is 0 Å². The number of carbonyl (C=O) groups excluding carboxylic acids is 1. The molecule has 0 aliphatic heterocycles. The van der Waals surface area contributed by atoms with Crippen molar-refractivity contribution in [1.82, 2.24) is 19.9 Å². The Morgan fingerprint density at radius 3 is 2.36 bits per heavy atom. The van der Waals surface area contributed by atoms with Gasteiger partial charge in [0.25, 0.3) is 5.91 Å². The van der Waals surface area contributed by atoms with Gasteiger partial charge in [-0.1, -0.05) is 0 Å². The minimum absolute atomic E-state index is 0.137. The van der Waals surface area contributed by atoms with Crippen molar-refractivity contribution < 1.29 is 4.79 Å². The molecule has 0 atom stereocenters. The quantitative estimate of drug-likeness (QED) is 0.683. The Labute approximate surface area is 165 Å². The number of rotatable bonds is 7. The monoisotopic (exact) mass is 376 g/mol. The fourth-order valence-electron chi connectivity index (χ4n) is 2.65. The van der Waals surface area contributed by atoms with E-state index in [4.69, 9.17) is 0 Å². The van der Waals surface area contributed by atoms with Crippen LogP contribution in [0.1, 0.15) is 16.1 Å². The number of hydrogen-bond donors (Lipinski definition) is 1. The van der Waals surface area contributed by atoms with Crippen LogP contribution in [0.3, 0.4) is 0 Å². The van der Waals surface area contributed by atoms with Gasteiger partial charge in [-0.25, -0.2) is 9.97 Å². The second-order valence-corrected chi connectivity index (χ2v) is 6.66. The van der Waals surface area contributed by atoms with Gasteiger partial charge in [0.15, 0.2) is 0 Å². The molecule has 0 radical (unpaired) electrons. The van der Waals surface area contributed by atoms with Gasteiger partial charge in [0.05, 0.1) is 0 Å². The average Bonchev–Trinajstić information content (AvgIpc) is 2.73. The van der Waals surface area contributed by atoms with Crippen LogP contribution in [0.15, 0.2) is 61.1 Å². The van der Waals surface area contributed by atoms with Crippen LogP contribution < -0.4 is 10.2 Å². The number of hydrogen-bond acceptors (Lipinski definition) is 6. The Bertz CT molecular complexity index is 912. The zero-order valence-corrected chi connectivity index (χ0v) is 16.3. The van der Waals surface area contributed by atoms with Crippen molar-refractivity contribution in [1.29, 1.82) is 0 Å². The highest BCUT2D eigenvalue weighted by Crippen LogP contribution is 2.18. The van der Waals surface area contributed by atoms with E-state index in [0.29, 0.717) is 18.2 Å². The summed E-state index contributed by atoms with van der Waals surface area (Å²) in [6, 6.07) is 13.4. The molecule has 28 heavy (non-hydrogen) atoms. The van der Waals surface area contributed by atoms with E-state index in [2.05, 4.69) is 20.3 Å². The second kappa shape index (κ2) is 8.94. The molecule has 0 unspecified atom stereocenters. The van der Waals surface area contributed by atoms with Crippen molar-refractivity contribution in [3.63, 3.8) is 0 Å². The number of nitrogens with zero attached hydrogens (tertiary/aromatic N) is 5. The first-order chi connectivity index (χ1) is 13.5. The third kappa shape index (κ3) is 5.03. The van der Waals surface area contributed by atoms with Gasteiger partial charge in [0.2, 0.25) is 5.95 Å². The summed E-state index contributed by atoms with van der Waals surface area (Å²) in [5.41, 5.74) is 3.47. The average molecular weight is 376 g/mol. The summed E-state index contributed by atoms with van der Waals surface area (Å²) in [6.45, 7) is 0.599. The van der Waals surface area contributed by atoms with Crippen molar-refractivity contribution in [3.05, 3.63) is 72.3 Å². The standard InChI is InChI=1S/C21H24N6O/c1-26(2)18-6-4-17(5-7-18)24-21-23-14-10-19(25-21)20(28)27(3)15-11-16-8-12-22-13-9-16/h4-10,12-14H,11,15H2,1-3H3,(H,23,24,25). The van der Waals surface area contributed by atoms with Gasteiger partial charge in [-0.15, -0.1) is 0 Å². The summed E-state index contributed by atoms with van der Waals surface area (Å²) in [4.78, 5) is 29.0. The van der Waals surface area contributed by atoms with Crippen LogP contribution in [-0.4, -0.2) is 53.4 Å². The van der Waals surface area contributed by atoms with Crippen LogP contribution in [0.4, 0.5) is 17.3 Å². The molecule has 0 fully saturated rings. The Hall–Kier alpha value is -3.48. The molecule has 1 N–H and O–H groups in total. The van der Waals surface area contributed by atoms with E-state index < -0.39 is 0 Å². The molecule has 144 valence electrons. The fourth-order valence-corrected chi connectivity index (χ4v) is 2.65. The number of pyridine rings is 1. The molecule has 0 aliphatic carbocycles. The van der Waals surface area contributed by atoms with Gasteiger partial charge in [-0.05, 0) is 54.4 Å². The number of nitrogens with one attached hydrogen (secondary N) is 1. The third-order valence-corrected chi connectivity index (χ3v) is 4.35. The SMILES string of the molecule is CN(CCc1ccncc1)C(=O)c1ccnc(Nc2ccc(N(C)C)cc2)n1. The first-order valence-corrected chi connectivity index (χ1v) is 9.05. The molecule has 3 aromatic rings. The van der Waals surface area contributed by atoms with E-state index in [-0.39, 0.29) is 5.91 Å². The van der Waals surface area contributed by atoms with Gasteiger partial charge in [-0.2, -0.15) is 0 Å². The van der Waals surface area contributed by atoms with Crippen LogP contribution in [0.2, 0.25) is 0 Å². The van der Waals surface area contributed by atoms with E-state index in [0.717, 1.165) is 23.4 Å². The number of aromatic nitrogens is 3. The minimum Gasteiger partial charge on any atom is -0.378 e. The highest BCUT2D eigenvalue weighted by atomic mass is 16.2. The van der Waals surface area contributed by atoms with Crippen molar-refractivity contribution in [2.45, 2.75) is 6.42 Å². The largest absolute Gasteiger partial charge is 0.378 e. The van der Waals surface area contributed by atoms with Crippen LogP contribution in [-0.2, 0) is 6.42 Å². The predicted octanol–water partition coefficient (Wildman–Crippen LogP) is 3.00. The molecule has 0 spiro atoms. The lowest BCUT2D eigenvalue weighted by molar-refractivity contribution is 0.0791. The molecule has 2 heterocycles. The Morgan fingerprint density at radius 2 is 1.68 bits per heavy atom. The Morgan fingerprint density at radius 1 is 0.964 bits per heavy atom. The maximum Gasteiger partial charge on any atom is 0.272 e. The van der Waals surface area contributed by atoms with E-state index in [1.165, 1.54) is 0 Å². The lowest BCUT2D eigenvalue weighted by atomic mass is 10.2. The molecular weight excluding hydrogens is 352 g/mol. The molecule has 0 saturated carbocycles. The molecule has 2 aromatic heterocycles. The number of amides is 1. The zero-order chi connectivity index (χ0) is 19.9. The molecule has 3 rings (SSSR count). The molecule has 7 nitrogen and oxygen atoms in total. The summed E-state index contributed by atoms with van der Waals surface area (Å²) in [7, 11) is 5.76. The Kier molecular flexibility index (Phi) is 6.16. The van der Waals surface area contributed by atoms with Crippen LogP contribution in [0.5, 0.6) is 0 Å². The highest BCUT2D eigenvalue weighted by Gasteiger charge is 2.14. The number of anilines is 3. The number of likely N-dealkylation sites (N-methyl/N-ethyl adjacent to an activating group) is 1. The first kappa shape index (κ1) is 19.3. The van der Waals surface area contributed by atoms with E-state index >= 15 is 0 Å². The lowest BCUT2D eigenvalue weighted by Crippen LogP contribution is -2.29. The molecule has 1 amide bonds. The summed E-state index contributed by atoms with van der Waals surface area (Å²) < 4.78 is 0. The van der Waals surface area contributed by atoms with E-state index in [1.807, 2.05) is 55.4 Å². The van der Waals surface area contributed by atoms with Crippen molar-refractivity contribution in [2.75, 3.05) is 37.9 Å². The van der Waals surface area contributed by atoms with Crippen LogP contribution in [0.25, 0.3) is 0 Å². The minimum atomic E-state index is -0.137. The predicted molar refractivity (Wildman–Crippen MR) is 111 cm³/mol. The number of benzene rings is 1. The number of carbonyl (C=O) groups is 1. The van der Waals surface area contributed by atoms with Gasteiger partial charge in [-0.3, -0.25) is 9.78 Å².